The summed E-state index contributed by atoms with van der Waals surface area (Å²) < 4.78 is 0. The van der Waals surface area contributed by atoms with E-state index in [4.69, 9.17) is 5.11 Å². The molecule has 6 heteroatoms. The van der Waals surface area contributed by atoms with Crippen molar-refractivity contribution in [3.63, 3.8) is 0 Å². The number of carbonyl (C=O) groups excluding carboxylic acids is 1. The van der Waals surface area contributed by atoms with Crippen LogP contribution in [0.5, 0.6) is 0 Å². The molecule has 2 heterocycles. The topological polar surface area (TPSA) is 82.5 Å². The normalized spacial score (nSPS) is 18.4. The van der Waals surface area contributed by atoms with Crippen LogP contribution in [-0.2, 0) is 4.79 Å². The van der Waals surface area contributed by atoms with Crippen molar-refractivity contribution < 1.29 is 14.7 Å². The van der Waals surface area contributed by atoms with Crippen molar-refractivity contribution in [1.82, 2.24) is 9.88 Å². The summed E-state index contributed by atoms with van der Waals surface area (Å²) in [6.07, 6.45) is 2.14. The third-order valence-electron chi connectivity index (χ3n) is 3.29. The van der Waals surface area contributed by atoms with Gasteiger partial charge in [0.25, 0.3) is 5.91 Å². The van der Waals surface area contributed by atoms with Gasteiger partial charge in [0.2, 0.25) is 0 Å². The Morgan fingerprint density at radius 1 is 1.50 bits per heavy atom. The number of aliphatic carboxylic acids is 1. The Balaban J connectivity index is 2.16. The van der Waals surface area contributed by atoms with Crippen LogP contribution in [0.3, 0.4) is 0 Å². The van der Waals surface area contributed by atoms with Gasteiger partial charge >= 0.3 is 5.97 Å². The van der Waals surface area contributed by atoms with E-state index in [2.05, 4.69) is 10.3 Å². The number of rotatable bonds is 4. The maximum atomic E-state index is 12.5. The van der Waals surface area contributed by atoms with Gasteiger partial charge in [-0.2, -0.15) is 0 Å². The number of amides is 1. The van der Waals surface area contributed by atoms with E-state index in [0.717, 1.165) is 0 Å². The highest BCUT2D eigenvalue weighted by molar-refractivity contribution is 5.99. The molecule has 1 fully saturated rings. The molecule has 1 aliphatic heterocycles. The van der Waals surface area contributed by atoms with E-state index in [9.17, 15) is 9.59 Å². The fourth-order valence-electron chi connectivity index (χ4n) is 2.28. The average Bonchev–Trinajstić information content (AvgIpc) is 2.87. The molecular formula is C14H19N3O3. The van der Waals surface area contributed by atoms with E-state index in [-0.39, 0.29) is 18.5 Å². The number of carbonyl (C=O) groups is 2. The predicted molar refractivity (Wildman–Crippen MR) is 74.6 cm³/mol. The second-order valence-corrected chi connectivity index (χ2v) is 5.27. The molecule has 1 aromatic heterocycles. The third-order valence-corrected chi connectivity index (χ3v) is 3.29. The number of hydrogen-bond acceptors (Lipinski definition) is 4. The van der Waals surface area contributed by atoms with Gasteiger partial charge in [0.15, 0.2) is 0 Å². The van der Waals surface area contributed by atoms with Crippen LogP contribution in [0, 0.1) is 5.92 Å². The average molecular weight is 277 g/mol. The highest BCUT2D eigenvalue weighted by Crippen LogP contribution is 2.21. The zero-order valence-electron chi connectivity index (χ0n) is 11.7. The Hall–Kier alpha value is -2.11. The molecule has 0 bridgehead atoms. The molecule has 0 unspecified atom stereocenters. The molecule has 2 N–H and O–H groups in total. The summed E-state index contributed by atoms with van der Waals surface area (Å²) in [5.41, 5.74) is 0.493. The van der Waals surface area contributed by atoms with Crippen LogP contribution in [0.25, 0.3) is 0 Å². The molecule has 0 spiro atoms. The lowest BCUT2D eigenvalue weighted by molar-refractivity contribution is -0.141. The number of aromatic nitrogens is 1. The maximum absolute atomic E-state index is 12.5. The monoisotopic (exact) mass is 277 g/mol. The number of pyridine rings is 1. The minimum absolute atomic E-state index is 0.162. The van der Waals surface area contributed by atoms with E-state index < -0.39 is 11.9 Å². The largest absolute Gasteiger partial charge is 0.481 e. The first-order valence-electron chi connectivity index (χ1n) is 6.72. The van der Waals surface area contributed by atoms with Gasteiger partial charge in [-0.15, -0.1) is 0 Å². The SMILES string of the molecule is CC(C)Nc1ncccc1C(=O)N1CC[C@H](C(=O)O)C1. The Kier molecular flexibility index (Phi) is 4.22. The Labute approximate surface area is 117 Å². The highest BCUT2D eigenvalue weighted by atomic mass is 16.4. The number of carboxylic acids is 1. The van der Waals surface area contributed by atoms with Crippen LogP contribution in [-0.4, -0.2) is 46.0 Å². The second-order valence-electron chi connectivity index (χ2n) is 5.27. The van der Waals surface area contributed by atoms with Crippen LogP contribution in [0.4, 0.5) is 5.82 Å². The molecule has 0 radical (unpaired) electrons. The van der Waals surface area contributed by atoms with E-state index in [1.54, 1.807) is 23.2 Å². The first kappa shape index (κ1) is 14.3. The van der Waals surface area contributed by atoms with Gasteiger partial charge in [-0.05, 0) is 32.4 Å². The summed E-state index contributed by atoms with van der Waals surface area (Å²) in [6, 6.07) is 3.60. The molecule has 0 aromatic carbocycles. The van der Waals surface area contributed by atoms with Crippen LogP contribution in [0.2, 0.25) is 0 Å². The fraction of sp³-hybridized carbons (Fsp3) is 0.500. The van der Waals surface area contributed by atoms with Crippen molar-refractivity contribution in [1.29, 1.82) is 0 Å². The number of nitrogens with one attached hydrogen (secondary N) is 1. The molecule has 1 aromatic rings. The Bertz CT molecular complexity index is 516. The number of nitrogens with zero attached hydrogens (tertiary/aromatic N) is 2. The third kappa shape index (κ3) is 3.07. The molecule has 2 rings (SSSR count). The van der Waals surface area contributed by atoms with Crippen molar-refractivity contribution in [3.8, 4) is 0 Å². The molecule has 0 aliphatic carbocycles. The highest BCUT2D eigenvalue weighted by Gasteiger charge is 2.32. The number of anilines is 1. The number of likely N-dealkylation sites (tertiary alicyclic amines) is 1. The lowest BCUT2D eigenvalue weighted by Crippen LogP contribution is -2.31. The molecule has 20 heavy (non-hydrogen) atoms. The summed E-state index contributed by atoms with van der Waals surface area (Å²) in [7, 11) is 0. The second kappa shape index (κ2) is 5.90. The number of carboxylic acid groups (broad SMARTS) is 1. The first-order chi connectivity index (χ1) is 9.49. The zero-order valence-corrected chi connectivity index (χ0v) is 11.7. The maximum Gasteiger partial charge on any atom is 0.308 e. The van der Waals surface area contributed by atoms with Crippen molar-refractivity contribution >= 4 is 17.7 Å². The predicted octanol–water partition coefficient (Wildman–Crippen LogP) is 1.45. The molecular weight excluding hydrogens is 258 g/mol. The smallest absolute Gasteiger partial charge is 0.308 e. The van der Waals surface area contributed by atoms with Gasteiger partial charge in [0.05, 0.1) is 11.5 Å². The number of hydrogen-bond donors (Lipinski definition) is 2. The lowest BCUT2D eigenvalue weighted by atomic mass is 10.1. The summed E-state index contributed by atoms with van der Waals surface area (Å²) >= 11 is 0. The molecule has 1 saturated heterocycles. The minimum atomic E-state index is -0.841. The van der Waals surface area contributed by atoms with E-state index >= 15 is 0 Å². The van der Waals surface area contributed by atoms with E-state index in [1.165, 1.54) is 0 Å². The van der Waals surface area contributed by atoms with Crippen LogP contribution in [0.1, 0.15) is 30.6 Å². The molecule has 108 valence electrons. The van der Waals surface area contributed by atoms with Crippen molar-refractivity contribution in [3.05, 3.63) is 23.9 Å². The lowest BCUT2D eigenvalue weighted by Gasteiger charge is -2.19. The van der Waals surface area contributed by atoms with Gasteiger partial charge in [0.1, 0.15) is 5.82 Å². The van der Waals surface area contributed by atoms with E-state index in [1.807, 2.05) is 13.8 Å². The van der Waals surface area contributed by atoms with Gasteiger partial charge in [-0.3, -0.25) is 9.59 Å². The fourth-order valence-corrected chi connectivity index (χ4v) is 2.28. The van der Waals surface area contributed by atoms with Crippen LogP contribution < -0.4 is 5.32 Å². The van der Waals surface area contributed by atoms with E-state index in [0.29, 0.717) is 24.3 Å². The standard InChI is InChI=1S/C14H19N3O3/c1-9(2)16-12-11(4-3-6-15-12)13(18)17-7-5-10(8-17)14(19)20/h3-4,6,9-10H,5,7-8H2,1-2H3,(H,15,16)(H,19,20)/t10-/m0/s1. The van der Waals surface area contributed by atoms with Crippen LogP contribution >= 0.6 is 0 Å². The molecule has 1 atom stereocenters. The quantitative estimate of drug-likeness (QED) is 0.870. The summed E-state index contributed by atoms with van der Waals surface area (Å²) in [4.78, 5) is 29.2. The minimum Gasteiger partial charge on any atom is -0.481 e. The van der Waals surface area contributed by atoms with Crippen molar-refractivity contribution in [2.45, 2.75) is 26.3 Å². The van der Waals surface area contributed by atoms with Crippen LogP contribution in [0.15, 0.2) is 18.3 Å². The molecule has 6 nitrogen and oxygen atoms in total. The van der Waals surface area contributed by atoms with Gasteiger partial charge in [-0.25, -0.2) is 4.98 Å². The van der Waals surface area contributed by atoms with Gasteiger partial charge < -0.3 is 15.3 Å². The first-order valence-corrected chi connectivity index (χ1v) is 6.72. The van der Waals surface area contributed by atoms with Crippen molar-refractivity contribution in [2.24, 2.45) is 5.92 Å². The Morgan fingerprint density at radius 3 is 2.85 bits per heavy atom. The summed E-state index contributed by atoms with van der Waals surface area (Å²) in [5, 5.41) is 12.1. The van der Waals surface area contributed by atoms with Crippen molar-refractivity contribution in [2.75, 3.05) is 18.4 Å². The summed E-state index contributed by atoms with van der Waals surface area (Å²) in [5.74, 6) is -0.916. The van der Waals surface area contributed by atoms with Gasteiger partial charge in [0, 0.05) is 25.3 Å². The molecule has 1 amide bonds. The Morgan fingerprint density at radius 2 is 2.25 bits per heavy atom. The molecule has 1 aliphatic rings. The zero-order chi connectivity index (χ0) is 14.7. The molecule has 0 saturated carbocycles. The summed E-state index contributed by atoms with van der Waals surface area (Å²) in [6.45, 7) is 4.69. The van der Waals surface area contributed by atoms with Gasteiger partial charge in [-0.1, -0.05) is 0 Å².